The summed E-state index contributed by atoms with van der Waals surface area (Å²) in [4.78, 5) is 11.9. The normalized spacial score (nSPS) is 13.4. The van der Waals surface area contributed by atoms with E-state index >= 15 is 0 Å². The third kappa shape index (κ3) is 5.51. The molecule has 0 aliphatic carbocycles. The van der Waals surface area contributed by atoms with E-state index in [2.05, 4.69) is 0 Å². The van der Waals surface area contributed by atoms with E-state index in [0.717, 1.165) is 0 Å². The number of alkyl halides is 3. The Balaban J connectivity index is 1.94. The van der Waals surface area contributed by atoms with E-state index in [0.29, 0.717) is 22.4 Å². The van der Waals surface area contributed by atoms with Crippen molar-refractivity contribution in [2.75, 3.05) is 37.7 Å². The lowest BCUT2D eigenvalue weighted by Crippen LogP contribution is -2.43. The van der Waals surface area contributed by atoms with Gasteiger partial charge in [-0.1, -0.05) is 0 Å². The summed E-state index contributed by atoms with van der Waals surface area (Å²) in [6.45, 7) is -1.89. The molecule has 0 bridgehead atoms. The van der Waals surface area contributed by atoms with Crippen LogP contribution >= 0.6 is 0 Å². The molecular weight excluding hydrogens is 441 g/mol. The zero-order valence-corrected chi connectivity index (χ0v) is 17.1. The molecule has 3 rings (SSSR count). The Morgan fingerprint density at radius 1 is 1.10 bits per heavy atom. The summed E-state index contributed by atoms with van der Waals surface area (Å²) >= 11 is 0. The molecule has 1 aliphatic heterocycles. The average molecular weight is 460 g/mol. The highest BCUT2D eigenvalue weighted by Gasteiger charge is 2.31. The summed E-state index contributed by atoms with van der Waals surface area (Å²) in [7, 11) is -2.92. The molecule has 0 saturated heterocycles. The predicted molar refractivity (Wildman–Crippen MR) is 104 cm³/mol. The van der Waals surface area contributed by atoms with Gasteiger partial charge in [-0.25, -0.2) is 8.42 Å². The topological polar surface area (TPSA) is 94.2 Å². The Bertz CT molecular complexity index is 1040. The van der Waals surface area contributed by atoms with Crippen LogP contribution in [0.4, 0.5) is 18.9 Å². The number of hydrogen-bond acceptors (Lipinski definition) is 6. The molecule has 1 N–H and O–H groups in total. The molecule has 0 fully saturated rings. The maximum Gasteiger partial charge on any atom is 0.405 e. The molecule has 1 aliphatic rings. The summed E-state index contributed by atoms with van der Waals surface area (Å²) in [6, 6.07) is 9.62. The van der Waals surface area contributed by atoms with Crippen LogP contribution in [0.25, 0.3) is 0 Å². The molecule has 0 atom stereocenters. The number of nitrogens with zero attached hydrogens (tertiary/aromatic N) is 1. The Kier molecular flexibility index (Phi) is 6.48. The fourth-order valence-electron chi connectivity index (χ4n) is 2.76. The van der Waals surface area contributed by atoms with Crippen LogP contribution in [0.1, 0.15) is 0 Å². The van der Waals surface area contributed by atoms with E-state index in [1.165, 1.54) is 49.6 Å². The van der Waals surface area contributed by atoms with Crippen LogP contribution in [0.2, 0.25) is 0 Å². The molecule has 168 valence electrons. The summed E-state index contributed by atoms with van der Waals surface area (Å²) in [5, 5.41) is 1.68. The predicted octanol–water partition coefficient (Wildman–Crippen LogP) is 2.34. The molecule has 2 aromatic carbocycles. The van der Waals surface area contributed by atoms with Gasteiger partial charge >= 0.3 is 6.18 Å². The van der Waals surface area contributed by atoms with Crippen molar-refractivity contribution in [2.45, 2.75) is 11.1 Å². The molecule has 1 amide bonds. The van der Waals surface area contributed by atoms with Crippen molar-refractivity contribution < 1.29 is 40.6 Å². The number of carbonyl (C=O) groups excluding carboxylic acids is 1. The molecule has 8 nitrogen and oxygen atoms in total. The fourth-order valence-corrected chi connectivity index (χ4v) is 4.20. The van der Waals surface area contributed by atoms with Crippen molar-refractivity contribution in [1.82, 2.24) is 5.32 Å². The monoisotopic (exact) mass is 460 g/mol. The van der Waals surface area contributed by atoms with Crippen LogP contribution < -0.4 is 23.8 Å². The number of carbonyl (C=O) groups is 1. The van der Waals surface area contributed by atoms with Crippen LogP contribution in [0.15, 0.2) is 47.4 Å². The van der Waals surface area contributed by atoms with E-state index in [4.69, 9.17) is 14.2 Å². The standard InChI is InChI=1S/C19H19F3N2O6S/c1-28-14-4-2-13(3-5-14)24(11-18(25)23-12-19(20,21)22)31(26,27)15-6-7-16-17(10-15)30-9-8-29-16/h2-7,10H,8-9,11-12H2,1H3,(H,23,25). The second kappa shape index (κ2) is 8.92. The number of hydrogen-bond donors (Lipinski definition) is 1. The largest absolute Gasteiger partial charge is 0.497 e. The molecule has 12 heteroatoms. The van der Waals surface area contributed by atoms with E-state index in [1.807, 2.05) is 0 Å². The van der Waals surface area contributed by atoms with Gasteiger partial charge in [-0.3, -0.25) is 9.10 Å². The molecule has 0 unspecified atom stereocenters. The number of halogens is 3. The second-order valence-corrected chi connectivity index (χ2v) is 8.27. The Labute approximate surface area is 176 Å². The van der Waals surface area contributed by atoms with Gasteiger partial charge in [0, 0.05) is 6.07 Å². The van der Waals surface area contributed by atoms with E-state index in [-0.39, 0.29) is 22.9 Å². The highest BCUT2D eigenvalue weighted by atomic mass is 32.2. The number of anilines is 1. The van der Waals surface area contributed by atoms with Crippen molar-refractivity contribution in [3.05, 3.63) is 42.5 Å². The Morgan fingerprint density at radius 3 is 2.35 bits per heavy atom. The van der Waals surface area contributed by atoms with Crippen LogP contribution in [-0.4, -0.2) is 53.9 Å². The lowest BCUT2D eigenvalue weighted by atomic mass is 10.3. The summed E-state index contributed by atoms with van der Waals surface area (Å²) in [5.74, 6) is -0.108. The average Bonchev–Trinajstić information content (AvgIpc) is 2.75. The van der Waals surface area contributed by atoms with Crippen LogP contribution in [0, 0.1) is 0 Å². The number of methoxy groups -OCH3 is 1. The highest BCUT2D eigenvalue weighted by molar-refractivity contribution is 7.92. The molecule has 1 heterocycles. The maximum atomic E-state index is 13.3. The first kappa shape index (κ1) is 22.5. The zero-order valence-electron chi connectivity index (χ0n) is 16.3. The summed E-state index contributed by atoms with van der Waals surface area (Å²) < 4.78 is 80.4. The first-order chi connectivity index (χ1) is 14.6. The van der Waals surface area contributed by atoms with Gasteiger partial charge in [0.05, 0.1) is 17.7 Å². The van der Waals surface area contributed by atoms with Crippen molar-refractivity contribution in [1.29, 1.82) is 0 Å². The maximum absolute atomic E-state index is 13.3. The van der Waals surface area contributed by atoms with Crippen molar-refractivity contribution >= 4 is 21.6 Å². The lowest BCUT2D eigenvalue weighted by molar-refractivity contribution is -0.137. The molecular formula is C19H19F3N2O6S. The zero-order chi connectivity index (χ0) is 22.6. The fraction of sp³-hybridized carbons (Fsp3) is 0.316. The summed E-state index contributed by atoms with van der Waals surface area (Å²) in [5.41, 5.74) is 0.0675. The van der Waals surface area contributed by atoms with Gasteiger partial charge in [0.15, 0.2) is 11.5 Å². The number of sulfonamides is 1. The van der Waals surface area contributed by atoms with Crippen LogP contribution in [0.3, 0.4) is 0 Å². The van der Waals surface area contributed by atoms with Crippen molar-refractivity contribution in [2.24, 2.45) is 0 Å². The van der Waals surface area contributed by atoms with Gasteiger partial charge in [-0.2, -0.15) is 13.2 Å². The number of nitrogens with one attached hydrogen (secondary N) is 1. The Hall–Kier alpha value is -3.15. The number of amides is 1. The van der Waals surface area contributed by atoms with Gasteiger partial charge in [0.25, 0.3) is 10.0 Å². The number of ether oxygens (including phenoxy) is 3. The van der Waals surface area contributed by atoms with Gasteiger partial charge in [0.2, 0.25) is 5.91 Å². The SMILES string of the molecule is COc1ccc(N(CC(=O)NCC(F)(F)F)S(=O)(=O)c2ccc3c(c2)OCCO3)cc1. The van der Waals surface area contributed by atoms with Crippen molar-refractivity contribution in [3.8, 4) is 17.2 Å². The number of fused-ring (bicyclic) bond motifs is 1. The number of rotatable bonds is 7. The van der Waals surface area contributed by atoms with Crippen molar-refractivity contribution in [3.63, 3.8) is 0 Å². The first-order valence-electron chi connectivity index (χ1n) is 9.00. The van der Waals surface area contributed by atoms with E-state index < -0.39 is 35.2 Å². The molecule has 0 saturated carbocycles. The second-order valence-electron chi connectivity index (χ2n) is 6.41. The van der Waals surface area contributed by atoms with Crippen LogP contribution in [-0.2, 0) is 14.8 Å². The van der Waals surface area contributed by atoms with E-state index in [9.17, 15) is 26.4 Å². The number of benzene rings is 2. The van der Waals surface area contributed by atoms with Gasteiger partial charge in [0.1, 0.15) is 32.1 Å². The smallest absolute Gasteiger partial charge is 0.405 e. The quantitative estimate of drug-likeness (QED) is 0.682. The minimum absolute atomic E-state index is 0.0675. The van der Waals surface area contributed by atoms with Gasteiger partial charge < -0.3 is 19.5 Å². The van der Waals surface area contributed by atoms with E-state index in [1.54, 1.807) is 5.32 Å². The third-order valence-electron chi connectivity index (χ3n) is 4.24. The Morgan fingerprint density at radius 2 is 1.74 bits per heavy atom. The molecule has 31 heavy (non-hydrogen) atoms. The molecule has 0 spiro atoms. The lowest BCUT2D eigenvalue weighted by Gasteiger charge is -2.25. The summed E-state index contributed by atoms with van der Waals surface area (Å²) in [6.07, 6.45) is -4.63. The highest BCUT2D eigenvalue weighted by Crippen LogP contribution is 2.34. The third-order valence-corrected chi connectivity index (χ3v) is 6.01. The van der Waals surface area contributed by atoms with Crippen LogP contribution in [0.5, 0.6) is 17.2 Å². The first-order valence-corrected chi connectivity index (χ1v) is 10.4. The molecule has 0 aromatic heterocycles. The van der Waals surface area contributed by atoms with Gasteiger partial charge in [-0.05, 0) is 36.4 Å². The molecule has 2 aromatic rings. The van der Waals surface area contributed by atoms with Gasteiger partial charge in [-0.15, -0.1) is 0 Å². The molecule has 0 radical (unpaired) electrons. The minimum Gasteiger partial charge on any atom is -0.497 e. The minimum atomic E-state index is -4.63.